The number of hydrogen-bond acceptors (Lipinski definition) is 5. The maximum Gasteiger partial charge on any atom is 0.164 e. The van der Waals surface area contributed by atoms with Gasteiger partial charge in [-0.1, -0.05) is 158 Å². The summed E-state index contributed by atoms with van der Waals surface area (Å²) >= 11 is 0. The molecule has 3 heterocycles. The van der Waals surface area contributed by atoms with Gasteiger partial charge in [-0.15, -0.1) is 0 Å². The fourth-order valence-corrected chi connectivity index (χ4v) is 9.31. The highest BCUT2D eigenvalue weighted by Gasteiger charge is 2.19. The molecule has 294 valence electrons. The van der Waals surface area contributed by atoms with Gasteiger partial charge in [0.25, 0.3) is 0 Å². The van der Waals surface area contributed by atoms with Crippen LogP contribution in [0.25, 0.3) is 123 Å². The lowest BCUT2D eigenvalue weighted by Gasteiger charge is -2.11. The smallest absolute Gasteiger partial charge is 0.164 e. The van der Waals surface area contributed by atoms with Crippen LogP contribution in [0.3, 0.4) is 0 Å². The van der Waals surface area contributed by atoms with Crippen molar-refractivity contribution >= 4 is 43.9 Å². The van der Waals surface area contributed by atoms with Crippen molar-refractivity contribution < 1.29 is 8.83 Å². The molecule has 5 heteroatoms. The summed E-state index contributed by atoms with van der Waals surface area (Å²) in [5.41, 5.74) is 18.5. The second-order valence-electron chi connectivity index (χ2n) is 16.4. The molecule has 5 nitrogen and oxygen atoms in total. The standard InChI is InChI=1S/C58H35N3O2/c1-2-8-46-44(7-1)31-45-26-25-41(32-49(45)46)35-13-19-38(20-14-35)56-59-57(39-21-15-36(16-22-39)42-27-29-54-50(33-42)47-9-3-5-11-52(47)62-54)61-58(60-56)40-23-17-37(18-24-40)43-28-30-55-51(34-43)48-10-4-6-12-53(48)63-55/h1-30,32-34H,31H2. The molecular weight excluding hydrogens is 771 g/mol. The second kappa shape index (κ2) is 14.1. The van der Waals surface area contributed by atoms with Gasteiger partial charge in [0.1, 0.15) is 22.3 Å². The van der Waals surface area contributed by atoms with E-state index in [1.54, 1.807) is 0 Å². The molecule has 0 saturated carbocycles. The van der Waals surface area contributed by atoms with Crippen molar-refractivity contribution in [2.75, 3.05) is 0 Å². The van der Waals surface area contributed by atoms with Gasteiger partial charge in [0.15, 0.2) is 17.5 Å². The third-order valence-corrected chi connectivity index (χ3v) is 12.6. The van der Waals surface area contributed by atoms with Crippen LogP contribution in [0, 0.1) is 0 Å². The van der Waals surface area contributed by atoms with Gasteiger partial charge < -0.3 is 8.83 Å². The van der Waals surface area contributed by atoms with Gasteiger partial charge in [0, 0.05) is 38.2 Å². The Morgan fingerprint density at radius 2 is 0.635 bits per heavy atom. The van der Waals surface area contributed by atoms with Crippen molar-refractivity contribution in [1.82, 2.24) is 15.0 Å². The zero-order valence-electron chi connectivity index (χ0n) is 33.9. The van der Waals surface area contributed by atoms with Gasteiger partial charge in [0.05, 0.1) is 0 Å². The van der Waals surface area contributed by atoms with Crippen LogP contribution in [0.4, 0.5) is 0 Å². The first-order chi connectivity index (χ1) is 31.1. The molecule has 0 N–H and O–H groups in total. The lowest BCUT2D eigenvalue weighted by Crippen LogP contribution is -2.00. The number of nitrogens with zero attached hydrogens (tertiary/aromatic N) is 3. The van der Waals surface area contributed by atoms with Crippen LogP contribution in [0.1, 0.15) is 11.1 Å². The Labute approximate surface area is 362 Å². The highest BCUT2D eigenvalue weighted by molar-refractivity contribution is 6.07. The minimum absolute atomic E-state index is 0.612. The number of benzene rings is 9. The molecule has 13 rings (SSSR count). The molecule has 0 aliphatic heterocycles. The number of fused-ring (bicyclic) bond motifs is 9. The number of aromatic nitrogens is 3. The molecule has 0 fully saturated rings. The third-order valence-electron chi connectivity index (χ3n) is 12.6. The molecule has 63 heavy (non-hydrogen) atoms. The van der Waals surface area contributed by atoms with Crippen LogP contribution in [0.5, 0.6) is 0 Å². The highest BCUT2D eigenvalue weighted by Crippen LogP contribution is 2.40. The minimum Gasteiger partial charge on any atom is -0.456 e. The molecular formula is C58H35N3O2. The monoisotopic (exact) mass is 805 g/mol. The predicted octanol–water partition coefficient (Wildman–Crippen LogP) is 15.2. The van der Waals surface area contributed by atoms with E-state index in [0.717, 1.165) is 94.8 Å². The van der Waals surface area contributed by atoms with E-state index in [1.165, 1.54) is 27.8 Å². The molecule has 0 saturated heterocycles. The molecule has 1 aliphatic rings. The first-order valence-corrected chi connectivity index (χ1v) is 21.3. The predicted molar refractivity (Wildman–Crippen MR) is 255 cm³/mol. The van der Waals surface area contributed by atoms with E-state index in [2.05, 4.69) is 176 Å². The maximum absolute atomic E-state index is 6.10. The Hall–Kier alpha value is -8.41. The summed E-state index contributed by atoms with van der Waals surface area (Å²) in [5, 5.41) is 4.44. The van der Waals surface area contributed by atoms with E-state index in [-0.39, 0.29) is 0 Å². The Bertz CT molecular complexity index is 3570. The fraction of sp³-hybridized carbons (Fsp3) is 0.0172. The van der Waals surface area contributed by atoms with Crippen LogP contribution in [0.15, 0.2) is 209 Å². The summed E-state index contributed by atoms with van der Waals surface area (Å²) in [7, 11) is 0. The van der Waals surface area contributed by atoms with Crippen molar-refractivity contribution in [3.63, 3.8) is 0 Å². The van der Waals surface area contributed by atoms with E-state index < -0.39 is 0 Å². The molecule has 1 aliphatic carbocycles. The Kier molecular flexibility index (Phi) is 7.90. The van der Waals surface area contributed by atoms with Crippen molar-refractivity contribution in [1.29, 1.82) is 0 Å². The van der Waals surface area contributed by atoms with Crippen molar-refractivity contribution in [2.45, 2.75) is 6.42 Å². The van der Waals surface area contributed by atoms with Gasteiger partial charge in [0.2, 0.25) is 0 Å². The highest BCUT2D eigenvalue weighted by atomic mass is 16.3. The fourth-order valence-electron chi connectivity index (χ4n) is 9.31. The minimum atomic E-state index is 0.612. The summed E-state index contributed by atoms with van der Waals surface area (Å²) in [6.45, 7) is 0. The third kappa shape index (κ3) is 6.05. The summed E-state index contributed by atoms with van der Waals surface area (Å²) in [6.07, 6.45) is 0.983. The van der Waals surface area contributed by atoms with Gasteiger partial charge in [-0.25, -0.2) is 15.0 Å². The topological polar surface area (TPSA) is 65.0 Å². The van der Waals surface area contributed by atoms with Crippen LogP contribution in [-0.4, -0.2) is 15.0 Å². The molecule has 0 bridgehead atoms. The first kappa shape index (κ1) is 35.4. The second-order valence-corrected chi connectivity index (χ2v) is 16.4. The summed E-state index contributed by atoms with van der Waals surface area (Å²) in [4.78, 5) is 15.3. The zero-order chi connectivity index (χ0) is 41.4. The van der Waals surface area contributed by atoms with E-state index >= 15 is 0 Å². The van der Waals surface area contributed by atoms with E-state index in [4.69, 9.17) is 23.8 Å². The SMILES string of the molecule is c1ccc2c(c1)Cc1ccc(-c3ccc(-c4nc(-c5ccc(-c6ccc7oc8ccccc8c7c6)cc5)nc(-c5ccc(-c6ccc7oc8ccccc8c7c6)cc5)n4)cc3)cc1-2. The Morgan fingerprint density at radius 3 is 1.14 bits per heavy atom. The number of furan rings is 2. The average molecular weight is 806 g/mol. The summed E-state index contributed by atoms with van der Waals surface area (Å²) < 4.78 is 12.2. The molecule has 9 aromatic carbocycles. The van der Waals surface area contributed by atoms with Crippen molar-refractivity contribution in [3.8, 4) is 78.7 Å². The number of rotatable bonds is 6. The lowest BCUT2D eigenvalue weighted by atomic mass is 9.98. The molecule has 0 spiro atoms. The Balaban J connectivity index is 0.867. The van der Waals surface area contributed by atoms with Gasteiger partial charge in [-0.05, 0) is 105 Å². The largest absolute Gasteiger partial charge is 0.456 e. The summed E-state index contributed by atoms with van der Waals surface area (Å²) in [5.74, 6) is 1.84. The van der Waals surface area contributed by atoms with E-state index in [0.29, 0.717) is 17.5 Å². The molecule has 12 aromatic rings. The Morgan fingerprint density at radius 1 is 0.270 bits per heavy atom. The molecule has 3 aromatic heterocycles. The summed E-state index contributed by atoms with van der Waals surface area (Å²) in [6, 6.07) is 70.2. The molecule has 0 unspecified atom stereocenters. The molecule has 0 atom stereocenters. The maximum atomic E-state index is 6.10. The van der Waals surface area contributed by atoms with Crippen LogP contribution in [0.2, 0.25) is 0 Å². The van der Waals surface area contributed by atoms with Crippen molar-refractivity contribution in [3.05, 3.63) is 211 Å². The quantitative estimate of drug-likeness (QED) is 0.167. The van der Waals surface area contributed by atoms with E-state index in [1.807, 2.05) is 24.3 Å². The van der Waals surface area contributed by atoms with Crippen LogP contribution in [-0.2, 0) is 6.42 Å². The van der Waals surface area contributed by atoms with Crippen LogP contribution >= 0.6 is 0 Å². The molecule has 0 amide bonds. The lowest BCUT2D eigenvalue weighted by molar-refractivity contribution is 0.668. The van der Waals surface area contributed by atoms with E-state index in [9.17, 15) is 0 Å². The van der Waals surface area contributed by atoms with Gasteiger partial charge in [-0.2, -0.15) is 0 Å². The zero-order valence-corrected chi connectivity index (χ0v) is 33.9. The first-order valence-electron chi connectivity index (χ1n) is 21.3. The number of hydrogen-bond donors (Lipinski definition) is 0. The number of para-hydroxylation sites is 2. The molecule has 0 radical (unpaired) electrons. The van der Waals surface area contributed by atoms with Gasteiger partial charge >= 0.3 is 0 Å². The van der Waals surface area contributed by atoms with Crippen LogP contribution < -0.4 is 0 Å². The normalized spacial score (nSPS) is 12.1. The van der Waals surface area contributed by atoms with Crippen molar-refractivity contribution in [2.24, 2.45) is 0 Å². The average Bonchev–Trinajstić information content (AvgIpc) is 4.04. The van der Waals surface area contributed by atoms with Gasteiger partial charge in [-0.3, -0.25) is 0 Å².